The van der Waals surface area contributed by atoms with Gasteiger partial charge in [-0.15, -0.1) is 0 Å². The number of carbonyl (C=O) groups is 1. The van der Waals surface area contributed by atoms with Gasteiger partial charge in [0.15, 0.2) is 0 Å². The number of hydrogen-bond donors (Lipinski definition) is 0. The molecule has 0 aromatic carbocycles. The lowest BCUT2D eigenvalue weighted by Gasteiger charge is -2.17. The molecule has 0 bridgehead atoms. The van der Waals surface area contributed by atoms with E-state index in [9.17, 15) is 4.79 Å². The lowest BCUT2D eigenvalue weighted by atomic mass is 9.84. The highest BCUT2D eigenvalue weighted by molar-refractivity contribution is 5.82. The molecular weight excluding hydrogens is 200 g/mol. The Kier molecular flexibility index (Phi) is 4.97. The maximum atomic E-state index is 12.1. The molecule has 4 unspecified atom stereocenters. The molecule has 0 radical (unpaired) electrons. The van der Waals surface area contributed by atoms with Crippen molar-refractivity contribution in [1.29, 1.82) is 0 Å². The summed E-state index contributed by atoms with van der Waals surface area (Å²) in [7, 11) is 0. The summed E-state index contributed by atoms with van der Waals surface area (Å²) >= 11 is 0. The van der Waals surface area contributed by atoms with Crippen LogP contribution >= 0.6 is 0 Å². The first kappa shape index (κ1) is 13.7. The zero-order valence-corrected chi connectivity index (χ0v) is 11.3. The van der Waals surface area contributed by atoms with Gasteiger partial charge in [-0.1, -0.05) is 27.2 Å². The zero-order valence-electron chi connectivity index (χ0n) is 11.3. The maximum absolute atomic E-state index is 12.1. The average molecular weight is 226 g/mol. The van der Waals surface area contributed by atoms with E-state index in [-0.39, 0.29) is 18.1 Å². The van der Waals surface area contributed by atoms with Gasteiger partial charge in [0, 0.05) is 12.3 Å². The molecule has 0 aromatic rings. The molecule has 1 aliphatic rings. The summed E-state index contributed by atoms with van der Waals surface area (Å²) in [5.74, 6) is 1.61. The zero-order chi connectivity index (χ0) is 12.3. The van der Waals surface area contributed by atoms with E-state index in [0.29, 0.717) is 17.6 Å². The Labute approximate surface area is 99.8 Å². The van der Waals surface area contributed by atoms with E-state index in [4.69, 9.17) is 4.74 Å². The number of ether oxygens (including phenoxy) is 1. The fourth-order valence-electron chi connectivity index (χ4n) is 2.67. The smallest absolute Gasteiger partial charge is 0.138 e. The molecule has 0 spiro atoms. The van der Waals surface area contributed by atoms with Crippen molar-refractivity contribution in [2.75, 3.05) is 0 Å². The Balaban J connectivity index is 2.41. The van der Waals surface area contributed by atoms with Gasteiger partial charge in [-0.3, -0.25) is 4.79 Å². The Morgan fingerprint density at radius 2 is 1.81 bits per heavy atom. The fourth-order valence-corrected chi connectivity index (χ4v) is 2.67. The van der Waals surface area contributed by atoms with E-state index in [1.54, 1.807) is 0 Å². The van der Waals surface area contributed by atoms with E-state index < -0.39 is 0 Å². The van der Waals surface area contributed by atoms with Gasteiger partial charge >= 0.3 is 0 Å². The summed E-state index contributed by atoms with van der Waals surface area (Å²) in [6.07, 6.45) is 3.25. The molecule has 1 saturated heterocycles. The molecule has 1 heterocycles. The summed E-state index contributed by atoms with van der Waals surface area (Å²) in [5.41, 5.74) is 0. The summed E-state index contributed by atoms with van der Waals surface area (Å²) < 4.78 is 5.71. The van der Waals surface area contributed by atoms with Crippen molar-refractivity contribution in [3.63, 3.8) is 0 Å². The van der Waals surface area contributed by atoms with E-state index in [2.05, 4.69) is 27.7 Å². The Morgan fingerprint density at radius 1 is 1.19 bits per heavy atom. The minimum absolute atomic E-state index is 0.108. The summed E-state index contributed by atoms with van der Waals surface area (Å²) in [6, 6.07) is 0. The second-order valence-electron chi connectivity index (χ2n) is 5.68. The van der Waals surface area contributed by atoms with Crippen LogP contribution in [0.4, 0.5) is 0 Å². The quantitative estimate of drug-likeness (QED) is 0.718. The van der Waals surface area contributed by atoms with E-state index >= 15 is 0 Å². The van der Waals surface area contributed by atoms with Crippen LogP contribution < -0.4 is 0 Å². The van der Waals surface area contributed by atoms with Crippen molar-refractivity contribution >= 4 is 5.78 Å². The molecule has 0 amide bonds. The van der Waals surface area contributed by atoms with Crippen LogP contribution in [0, 0.1) is 17.8 Å². The molecule has 0 aromatic heterocycles. The van der Waals surface area contributed by atoms with Crippen LogP contribution in [-0.2, 0) is 9.53 Å². The SMILES string of the molecule is CC(C)CCCC(=O)C1C(C)OC(C)C1C. The van der Waals surface area contributed by atoms with Crippen molar-refractivity contribution in [2.24, 2.45) is 17.8 Å². The Morgan fingerprint density at radius 3 is 2.25 bits per heavy atom. The van der Waals surface area contributed by atoms with Crippen LogP contribution in [0.2, 0.25) is 0 Å². The van der Waals surface area contributed by atoms with Gasteiger partial charge in [0.1, 0.15) is 5.78 Å². The molecule has 94 valence electrons. The van der Waals surface area contributed by atoms with E-state index in [0.717, 1.165) is 19.3 Å². The molecule has 2 heteroatoms. The molecule has 4 atom stereocenters. The predicted octanol–water partition coefficient (Wildman–Crippen LogP) is 3.44. The molecular formula is C14H26O2. The van der Waals surface area contributed by atoms with Crippen molar-refractivity contribution < 1.29 is 9.53 Å². The third-order valence-electron chi connectivity index (χ3n) is 3.82. The molecule has 1 rings (SSSR count). The van der Waals surface area contributed by atoms with Crippen LogP contribution in [-0.4, -0.2) is 18.0 Å². The lowest BCUT2D eigenvalue weighted by molar-refractivity contribution is -0.125. The number of Topliss-reactive ketones (excluding diaryl/α,β-unsaturated/α-hetero) is 1. The Bertz CT molecular complexity index is 235. The molecule has 0 aliphatic carbocycles. The van der Waals surface area contributed by atoms with Gasteiger partial charge in [-0.25, -0.2) is 0 Å². The number of carbonyl (C=O) groups excluding carboxylic acids is 1. The van der Waals surface area contributed by atoms with E-state index in [1.165, 1.54) is 0 Å². The summed E-state index contributed by atoms with van der Waals surface area (Å²) in [5, 5.41) is 0. The highest BCUT2D eigenvalue weighted by Gasteiger charge is 2.40. The lowest BCUT2D eigenvalue weighted by Crippen LogP contribution is -2.26. The first-order valence-electron chi connectivity index (χ1n) is 6.61. The molecule has 1 aliphatic heterocycles. The third-order valence-corrected chi connectivity index (χ3v) is 3.82. The topological polar surface area (TPSA) is 26.3 Å². The minimum atomic E-state index is 0.108. The van der Waals surface area contributed by atoms with Crippen molar-refractivity contribution in [3.05, 3.63) is 0 Å². The molecule has 16 heavy (non-hydrogen) atoms. The van der Waals surface area contributed by atoms with Gasteiger partial charge in [-0.05, 0) is 32.1 Å². The highest BCUT2D eigenvalue weighted by Crippen LogP contribution is 2.33. The highest BCUT2D eigenvalue weighted by atomic mass is 16.5. The van der Waals surface area contributed by atoms with Gasteiger partial charge in [0.05, 0.1) is 12.2 Å². The van der Waals surface area contributed by atoms with Crippen LogP contribution in [0.3, 0.4) is 0 Å². The Hall–Kier alpha value is -0.370. The average Bonchev–Trinajstić information content (AvgIpc) is 2.40. The number of rotatable bonds is 5. The van der Waals surface area contributed by atoms with Crippen LogP contribution in [0.5, 0.6) is 0 Å². The van der Waals surface area contributed by atoms with Crippen LogP contribution in [0.25, 0.3) is 0 Å². The predicted molar refractivity (Wildman–Crippen MR) is 66.4 cm³/mol. The maximum Gasteiger partial charge on any atom is 0.138 e. The number of hydrogen-bond acceptors (Lipinski definition) is 2. The van der Waals surface area contributed by atoms with E-state index in [1.807, 2.05) is 6.92 Å². The van der Waals surface area contributed by atoms with Gasteiger partial charge in [0.25, 0.3) is 0 Å². The molecule has 0 saturated carbocycles. The fraction of sp³-hybridized carbons (Fsp3) is 0.929. The summed E-state index contributed by atoms with van der Waals surface area (Å²) in [6.45, 7) is 10.7. The van der Waals surface area contributed by atoms with Gasteiger partial charge < -0.3 is 4.74 Å². The van der Waals surface area contributed by atoms with Crippen LogP contribution in [0.1, 0.15) is 53.9 Å². The second-order valence-corrected chi connectivity index (χ2v) is 5.68. The third kappa shape index (κ3) is 3.31. The van der Waals surface area contributed by atoms with Crippen molar-refractivity contribution in [3.8, 4) is 0 Å². The minimum Gasteiger partial charge on any atom is -0.375 e. The standard InChI is InChI=1S/C14H26O2/c1-9(2)7-6-8-13(15)14-10(3)11(4)16-12(14)5/h9-12,14H,6-8H2,1-5H3. The second kappa shape index (κ2) is 5.81. The monoisotopic (exact) mass is 226 g/mol. The van der Waals surface area contributed by atoms with Gasteiger partial charge in [0.2, 0.25) is 0 Å². The molecule has 1 fully saturated rings. The first-order chi connectivity index (χ1) is 7.43. The van der Waals surface area contributed by atoms with Gasteiger partial charge in [-0.2, -0.15) is 0 Å². The first-order valence-corrected chi connectivity index (χ1v) is 6.61. The summed E-state index contributed by atoms with van der Waals surface area (Å²) in [4.78, 5) is 12.1. The molecule has 0 N–H and O–H groups in total. The van der Waals surface area contributed by atoms with Crippen LogP contribution in [0.15, 0.2) is 0 Å². The number of ketones is 1. The van der Waals surface area contributed by atoms with Crippen molar-refractivity contribution in [1.82, 2.24) is 0 Å². The normalized spacial score (nSPS) is 34.6. The largest absolute Gasteiger partial charge is 0.375 e. The van der Waals surface area contributed by atoms with Crippen molar-refractivity contribution in [2.45, 2.75) is 66.1 Å². The molecule has 2 nitrogen and oxygen atoms in total.